The Bertz CT molecular complexity index is 1530. The molecule has 1 unspecified atom stereocenters. The van der Waals surface area contributed by atoms with Gasteiger partial charge in [0.25, 0.3) is 0 Å². The Balaban J connectivity index is 0.000000276. The lowest BCUT2D eigenvalue weighted by atomic mass is 9.96. The van der Waals surface area contributed by atoms with Crippen LogP contribution in [0, 0.1) is 6.92 Å². The van der Waals surface area contributed by atoms with Crippen molar-refractivity contribution in [2.45, 2.75) is 31.6 Å². The molecular weight excluding hydrogens is 582 g/mol. The molecule has 0 spiro atoms. The minimum absolute atomic E-state index is 0.283. The number of hydrogen-bond donors (Lipinski definition) is 3. The molecule has 3 heterocycles. The van der Waals surface area contributed by atoms with Gasteiger partial charge in [-0.3, -0.25) is 0 Å². The minimum Gasteiger partial charge on any atom is -0.493 e. The van der Waals surface area contributed by atoms with Crippen molar-refractivity contribution in [3.05, 3.63) is 64.8 Å². The lowest BCUT2D eigenvalue weighted by molar-refractivity contribution is -0.193. The summed E-state index contributed by atoms with van der Waals surface area (Å²) < 4.78 is 70.6. The van der Waals surface area contributed by atoms with E-state index in [-0.39, 0.29) is 11.9 Å². The molecule has 1 aliphatic heterocycles. The summed E-state index contributed by atoms with van der Waals surface area (Å²) in [7, 11) is 0. The number of fused-ring (bicyclic) bond motifs is 2. The van der Waals surface area contributed by atoms with E-state index in [1.807, 2.05) is 18.2 Å². The predicted molar refractivity (Wildman–Crippen MR) is 136 cm³/mol. The lowest BCUT2D eigenvalue weighted by Gasteiger charge is -2.24. The highest BCUT2D eigenvalue weighted by molar-refractivity contribution is 7.18. The van der Waals surface area contributed by atoms with Crippen molar-refractivity contribution < 1.29 is 50.9 Å². The number of thiazole rings is 1. The van der Waals surface area contributed by atoms with Crippen molar-refractivity contribution in [1.82, 2.24) is 15.0 Å². The first-order chi connectivity index (χ1) is 19.0. The number of aliphatic carboxylic acids is 2. The van der Waals surface area contributed by atoms with Crippen LogP contribution in [0.5, 0.6) is 5.75 Å². The first kappa shape index (κ1) is 31.1. The number of nitrogens with zero attached hydrogens (tertiary/aromatic N) is 3. The van der Waals surface area contributed by atoms with Crippen LogP contribution in [-0.2, 0) is 16.0 Å². The predicted octanol–water partition coefficient (Wildman–Crippen LogP) is 5.63. The average molecular weight is 603 g/mol. The number of benzene rings is 2. The molecule has 41 heavy (non-hydrogen) atoms. The average Bonchev–Trinajstić information content (AvgIpc) is 3.31. The number of carbonyl (C=O) groups is 2. The normalized spacial score (nSPS) is 14.5. The molecule has 0 bridgehead atoms. The molecule has 0 amide bonds. The summed E-state index contributed by atoms with van der Waals surface area (Å²) in [6, 6.07) is 14.5. The monoisotopic (exact) mass is 602 g/mol. The van der Waals surface area contributed by atoms with E-state index in [0.29, 0.717) is 6.61 Å². The molecule has 4 aromatic rings. The number of carboxylic acids is 2. The first-order valence-corrected chi connectivity index (χ1v) is 12.2. The number of aryl methyl sites for hydroxylation is 1. The number of carboxylic acid groups (broad SMARTS) is 2. The van der Waals surface area contributed by atoms with Crippen molar-refractivity contribution in [1.29, 1.82) is 0 Å². The maximum absolute atomic E-state index is 10.6. The second-order valence-corrected chi connectivity index (χ2v) is 9.53. The highest BCUT2D eigenvalue weighted by Crippen LogP contribution is 2.37. The van der Waals surface area contributed by atoms with Gasteiger partial charge in [-0.2, -0.15) is 26.3 Å². The summed E-state index contributed by atoms with van der Waals surface area (Å²) in [6.45, 7) is 2.79. The summed E-state index contributed by atoms with van der Waals surface area (Å²) in [6.07, 6.45) is -7.52. The van der Waals surface area contributed by atoms with Gasteiger partial charge in [-0.25, -0.2) is 24.5 Å². The summed E-state index contributed by atoms with van der Waals surface area (Å²) in [4.78, 5) is 30.9. The Morgan fingerprint density at radius 1 is 0.976 bits per heavy atom. The number of alkyl halides is 6. The number of halogens is 6. The molecule has 16 heteroatoms. The van der Waals surface area contributed by atoms with E-state index in [4.69, 9.17) is 35.3 Å². The number of ether oxygens (including phenoxy) is 1. The zero-order chi connectivity index (χ0) is 30.5. The third kappa shape index (κ3) is 8.51. The smallest absolute Gasteiger partial charge is 0.490 e. The molecule has 1 atom stereocenters. The Morgan fingerprint density at radius 2 is 1.61 bits per heavy atom. The van der Waals surface area contributed by atoms with Crippen LogP contribution in [0.2, 0.25) is 0 Å². The van der Waals surface area contributed by atoms with E-state index in [2.05, 4.69) is 41.2 Å². The molecule has 0 fully saturated rings. The molecular formula is C25H20F6N4O5S. The quantitative estimate of drug-likeness (QED) is 0.248. The first-order valence-electron chi connectivity index (χ1n) is 11.4. The molecule has 1 aliphatic rings. The molecule has 218 valence electrons. The van der Waals surface area contributed by atoms with Crippen molar-refractivity contribution in [3.63, 3.8) is 0 Å². The van der Waals surface area contributed by atoms with E-state index >= 15 is 0 Å². The van der Waals surface area contributed by atoms with Gasteiger partial charge in [0.15, 0.2) is 0 Å². The van der Waals surface area contributed by atoms with Gasteiger partial charge in [0.05, 0.1) is 22.5 Å². The molecule has 0 saturated carbocycles. The van der Waals surface area contributed by atoms with Crippen LogP contribution in [0.25, 0.3) is 21.5 Å². The third-order valence-corrected chi connectivity index (χ3v) is 6.51. The van der Waals surface area contributed by atoms with E-state index in [0.717, 1.165) is 38.7 Å². The van der Waals surface area contributed by atoms with Gasteiger partial charge in [0.1, 0.15) is 10.8 Å². The highest BCUT2D eigenvalue weighted by Gasteiger charge is 2.38. The highest BCUT2D eigenvalue weighted by atomic mass is 32.1. The number of anilines is 1. The van der Waals surface area contributed by atoms with Crippen LogP contribution in [-0.4, -0.2) is 56.1 Å². The fourth-order valence-electron chi connectivity index (χ4n) is 3.49. The summed E-state index contributed by atoms with van der Waals surface area (Å²) in [5, 5.41) is 15.4. The van der Waals surface area contributed by atoms with Crippen LogP contribution >= 0.6 is 11.3 Å². The van der Waals surface area contributed by atoms with Crippen molar-refractivity contribution in [2.24, 2.45) is 0 Å². The number of nitrogens with two attached hydrogens (primary N) is 1. The van der Waals surface area contributed by atoms with Crippen molar-refractivity contribution in [2.75, 3.05) is 12.3 Å². The molecule has 9 nitrogen and oxygen atoms in total. The topological polar surface area (TPSA) is 149 Å². The van der Waals surface area contributed by atoms with Gasteiger partial charge >= 0.3 is 24.3 Å². The molecule has 2 aromatic carbocycles. The van der Waals surface area contributed by atoms with Gasteiger partial charge in [-0.15, -0.1) is 11.3 Å². The van der Waals surface area contributed by atoms with Crippen molar-refractivity contribution >= 4 is 39.4 Å². The second-order valence-electron chi connectivity index (χ2n) is 8.46. The van der Waals surface area contributed by atoms with Crippen LogP contribution in [0.1, 0.15) is 22.1 Å². The van der Waals surface area contributed by atoms with Gasteiger partial charge in [-0.05, 0) is 43.2 Å². The summed E-state index contributed by atoms with van der Waals surface area (Å²) in [5.41, 5.74) is 11.1. The number of hydrogen-bond acceptors (Lipinski definition) is 8. The van der Waals surface area contributed by atoms with E-state index in [1.54, 1.807) is 17.5 Å². The number of rotatable bonds is 2. The van der Waals surface area contributed by atoms with Crippen molar-refractivity contribution in [3.8, 4) is 17.0 Å². The Morgan fingerprint density at radius 3 is 2.20 bits per heavy atom. The van der Waals surface area contributed by atoms with Crippen LogP contribution in [0.3, 0.4) is 0 Å². The van der Waals surface area contributed by atoms with E-state index in [1.165, 1.54) is 11.1 Å². The molecule has 0 aliphatic carbocycles. The molecule has 5 rings (SSSR count). The van der Waals surface area contributed by atoms with E-state index < -0.39 is 24.3 Å². The zero-order valence-corrected chi connectivity index (χ0v) is 21.6. The maximum atomic E-state index is 10.6. The largest absolute Gasteiger partial charge is 0.493 e. The van der Waals surface area contributed by atoms with Crippen LogP contribution in [0.4, 0.5) is 32.3 Å². The summed E-state index contributed by atoms with van der Waals surface area (Å²) in [5.74, 6) is -3.94. The van der Waals surface area contributed by atoms with Crippen LogP contribution < -0.4 is 10.5 Å². The standard InChI is InChI=1S/C21H18N4OS.2C2HF3O2/c1-12-2-5-18-14(8-12)9-15(11-26-18)20-24-17-4-3-13(10-19(17)27-20)16-6-7-23-21(22)25-16;2*3-2(4,5)1(6)7/h2-8,10,15H,9,11H2,1H3,(H2,22,23,25);2*(H,6,7). The fraction of sp³-hybridized carbons (Fsp3) is 0.240. The molecule has 0 saturated heterocycles. The SMILES string of the molecule is Cc1ccc2c(c1)CC(c1nc3ccc(-c4ccnc(N)n4)cc3s1)CO2.O=C(O)C(F)(F)F.O=C(O)C(F)(F)F. The zero-order valence-electron chi connectivity index (χ0n) is 20.8. The van der Waals surface area contributed by atoms with Gasteiger partial charge < -0.3 is 20.7 Å². The number of nitrogen functional groups attached to an aromatic ring is 1. The Kier molecular flexibility index (Phi) is 9.37. The van der Waals surface area contributed by atoms with Gasteiger partial charge in [0, 0.05) is 17.7 Å². The van der Waals surface area contributed by atoms with E-state index in [9.17, 15) is 26.3 Å². The maximum Gasteiger partial charge on any atom is 0.490 e. The Hall–Kier alpha value is -4.47. The minimum atomic E-state index is -5.08. The second kappa shape index (κ2) is 12.4. The summed E-state index contributed by atoms with van der Waals surface area (Å²) >= 11 is 1.73. The molecule has 4 N–H and O–H groups in total. The molecule has 0 radical (unpaired) electrons. The lowest BCUT2D eigenvalue weighted by Crippen LogP contribution is -2.21. The van der Waals surface area contributed by atoms with Gasteiger partial charge in [-0.1, -0.05) is 23.8 Å². The molecule has 2 aromatic heterocycles. The number of aromatic nitrogens is 3. The third-order valence-electron chi connectivity index (χ3n) is 5.33. The van der Waals surface area contributed by atoms with Crippen LogP contribution in [0.15, 0.2) is 48.7 Å². The van der Waals surface area contributed by atoms with Gasteiger partial charge in [0.2, 0.25) is 5.95 Å². The Labute approximate surface area is 231 Å². The fourth-order valence-corrected chi connectivity index (χ4v) is 4.58.